The van der Waals surface area contributed by atoms with Crippen LogP contribution in [-0.4, -0.2) is 67.3 Å². The second-order valence-corrected chi connectivity index (χ2v) is 5.85. The minimum atomic E-state index is -0.357. The number of piperazine rings is 1. The number of rotatable bonds is 7. The molecule has 0 aliphatic carbocycles. The maximum atomic E-state index is 10.1. The monoisotopic (exact) mass is 291 g/mol. The molecule has 1 saturated heterocycles. The quantitative estimate of drug-likeness (QED) is 0.790. The number of hydrogen-bond acceptors (Lipinski definition) is 4. The van der Waals surface area contributed by atoms with Crippen molar-refractivity contribution in [1.29, 1.82) is 0 Å². The smallest absolute Gasteiger partial charge is 0.0797 e. The predicted molar refractivity (Wildman–Crippen MR) is 87.4 cm³/mol. The first-order valence-electron chi connectivity index (χ1n) is 8.10. The zero-order chi connectivity index (χ0) is 15.1. The molecule has 1 fully saturated rings. The molecule has 2 rings (SSSR count). The van der Waals surface area contributed by atoms with Crippen LogP contribution in [0.1, 0.15) is 19.4 Å². The zero-order valence-corrected chi connectivity index (χ0v) is 13.4. The Morgan fingerprint density at radius 2 is 1.67 bits per heavy atom. The van der Waals surface area contributed by atoms with Crippen molar-refractivity contribution in [2.24, 2.45) is 0 Å². The fraction of sp³-hybridized carbons (Fsp3) is 0.647. The van der Waals surface area contributed by atoms with Crippen molar-refractivity contribution in [2.45, 2.75) is 19.4 Å². The third-order valence-corrected chi connectivity index (χ3v) is 4.52. The van der Waals surface area contributed by atoms with Gasteiger partial charge in [-0.15, -0.1) is 0 Å². The Bertz CT molecular complexity index is 404. The molecular formula is C17H29N3O. The fourth-order valence-corrected chi connectivity index (χ4v) is 3.19. The van der Waals surface area contributed by atoms with Crippen LogP contribution in [0.3, 0.4) is 0 Å². The van der Waals surface area contributed by atoms with Gasteiger partial charge in [-0.25, -0.2) is 0 Å². The number of aliphatic hydroxyl groups is 1. The van der Waals surface area contributed by atoms with Crippen LogP contribution in [0, 0.1) is 0 Å². The number of nitrogens with zero attached hydrogens (tertiary/aromatic N) is 2. The minimum Gasteiger partial charge on any atom is -0.394 e. The van der Waals surface area contributed by atoms with Crippen LogP contribution in [0.4, 0.5) is 0 Å². The van der Waals surface area contributed by atoms with Gasteiger partial charge in [0.2, 0.25) is 0 Å². The highest BCUT2D eigenvalue weighted by atomic mass is 16.3. The number of aliphatic hydroxyl groups excluding tert-OH is 1. The summed E-state index contributed by atoms with van der Waals surface area (Å²) in [7, 11) is 0. The SMILES string of the molecule is CCNC(CO)(CN1CCN(CC)CC1)c1ccccc1. The lowest BCUT2D eigenvalue weighted by atomic mass is 9.89. The van der Waals surface area contributed by atoms with E-state index in [-0.39, 0.29) is 12.1 Å². The van der Waals surface area contributed by atoms with Crippen LogP contribution in [-0.2, 0) is 5.54 Å². The highest BCUT2D eigenvalue weighted by Crippen LogP contribution is 2.23. The molecule has 0 bridgehead atoms. The van der Waals surface area contributed by atoms with E-state index in [0.717, 1.165) is 45.8 Å². The van der Waals surface area contributed by atoms with Crippen molar-refractivity contribution in [3.05, 3.63) is 35.9 Å². The van der Waals surface area contributed by atoms with E-state index in [1.54, 1.807) is 0 Å². The maximum absolute atomic E-state index is 10.1. The molecular weight excluding hydrogens is 262 g/mol. The number of benzene rings is 1. The minimum absolute atomic E-state index is 0.124. The molecule has 2 N–H and O–H groups in total. The van der Waals surface area contributed by atoms with Gasteiger partial charge in [-0.05, 0) is 18.7 Å². The maximum Gasteiger partial charge on any atom is 0.0797 e. The summed E-state index contributed by atoms with van der Waals surface area (Å²) in [6, 6.07) is 10.3. The van der Waals surface area contributed by atoms with Crippen molar-refractivity contribution in [2.75, 3.05) is 52.4 Å². The summed E-state index contributed by atoms with van der Waals surface area (Å²) in [5.74, 6) is 0. The normalized spacial score (nSPS) is 20.3. The molecule has 0 aromatic heterocycles. The Balaban J connectivity index is 2.10. The van der Waals surface area contributed by atoms with E-state index in [9.17, 15) is 5.11 Å². The van der Waals surface area contributed by atoms with Gasteiger partial charge in [0.15, 0.2) is 0 Å². The van der Waals surface area contributed by atoms with Crippen molar-refractivity contribution in [3.8, 4) is 0 Å². The van der Waals surface area contributed by atoms with Gasteiger partial charge in [-0.1, -0.05) is 44.2 Å². The van der Waals surface area contributed by atoms with Crippen molar-refractivity contribution >= 4 is 0 Å². The zero-order valence-electron chi connectivity index (χ0n) is 13.4. The first-order chi connectivity index (χ1) is 10.2. The molecule has 1 aromatic carbocycles. The van der Waals surface area contributed by atoms with E-state index in [1.165, 1.54) is 5.56 Å². The molecule has 1 aliphatic heterocycles. The summed E-state index contributed by atoms with van der Waals surface area (Å²) in [5, 5.41) is 13.6. The van der Waals surface area contributed by atoms with Crippen LogP contribution >= 0.6 is 0 Å². The standard InChI is InChI=1S/C17H29N3O/c1-3-18-17(15-21,16-8-6-5-7-9-16)14-20-12-10-19(4-2)11-13-20/h5-9,18,21H,3-4,10-15H2,1-2H3. The van der Waals surface area contributed by atoms with Gasteiger partial charge in [0.1, 0.15) is 0 Å². The lowest BCUT2D eigenvalue weighted by Crippen LogP contribution is -2.57. The molecule has 0 amide bonds. The molecule has 1 unspecified atom stereocenters. The largest absolute Gasteiger partial charge is 0.394 e. The molecule has 0 saturated carbocycles. The summed E-state index contributed by atoms with van der Waals surface area (Å²) in [4.78, 5) is 4.95. The Hall–Kier alpha value is -0.940. The lowest BCUT2D eigenvalue weighted by molar-refractivity contribution is 0.0721. The second kappa shape index (κ2) is 7.90. The van der Waals surface area contributed by atoms with E-state index >= 15 is 0 Å². The van der Waals surface area contributed by atoms with Crippen molar-refractivity contribution in [3.63, 3.8) is 0 Å². The van der Waals surface area contributed by atoms with E-state index in [4.69, 9.17) is 0 Å². The highest BCUT2D eigenvalue weighted by molar-refractivity contribution is 5.25. The van der Waals surface area contributed by atoms with Crippen molar-refractivity contribution < 1.29 is 5.11 Å². The molecule has 1 atom stereocenters. The van der Waals surface area contributed by atoms with Crippen LogP contribution in [0.25, 0.3) is 0 Å². The molecule has 21 heavy (non-hydrogen) atoms. The van der Waals surface area contributed by atoms with Gasteiger partial charge in [-0.3, -0.25) is 4.90 Å². The van der Waals surface area contributed by atoms with E-state index in [1.807, 2.05) is 18.2 Å². The Morgan fingerprint density at radius 3 is 2.19 bits per heavy atom. The summed E-state index contributed by atoms with van der Waals surface area (Å²) in [6.07, 6.45) is 0. The van der Waals surface area contributed by atoms with Gasteiger partial charge in [-0.2, -0.15) is 0 Å². The average Bonchev–Trinajstić information content (AvgIpc) is 2.56. The molecule has 4 heteroatoms. The van der Waals surface area contributed by atoms with Crippen LogP contribution < -0.4 is 5.32 Å². The molecule has 0 spiro atoms. The van der Waals surface area contributed by atoms with E-state index in [2.05, 4.69) is 41.1 Å². The van der Waals surface area contributed by atoms with Crippen molar-refractivity contribution in [1.82, 2.24) is 15.1 Å². The van der Waals surface area contributed by atoms with Crippen LogP contribution in [0.15, 0.2) is 30.3 Å². The summed E-state index contributed by atoms with van der Waals surface area (Å²) < 4.78 is 0. The first kappa shape index (κ1) is 16.4. The third kappa shape index (κ3) is 4.04. The highest BCUT2D eigenvalue weighted by Gasteiger charge is 2.33. The Labute approximate surface area is 128 Å². The second-order valence-electron chi connectivity index (χ2n) is 5.85. The van der Waals surface area contributed by atoms with Gasteiger partial charge < -0.3 is 15.3 Å². The van der Waals surface area contributed by atoms with E-state index in [0.29, 0.717) is 0 Å². The molecule has 1 aliphatic rings. The first-order valence-corrected chi connectivity index (χ1v) is 8.10. The number of hydrogen-bond donors (Lipinski definition) is 2. The van der Waals surface area contributed by atoms with E-state index < -0.39 is 0 Å². The lowest BCUT2D eigenvalue weighted by Gasteiger charge is -2.41. The summed E-state index contributed by atoms with van der Waals surface area (Å²) in [6.45, 7) is 11.7. The van der Waals surface area contributed by atoms with Gasteiger partial charge in [0, 0.05) is 32.7 Å². The topological polar surface area (TPSA) is 38.7 Å². The summed E-state index contributed by atoms with van der Waals surface area (Å²) in [5.41, 5.74) is 0.817. The summed E-state index contributed by atoms with van der Waals surface area (Å²) >= 11 is 0. The van der Waals surface area contributed by atoms with Crippen LogP contribution in [0.5, 0.6) is 0 Å². The molecule has 1 aromatic rings. The van der Waals surface area contributed by atoms with Gasteiger partial charge in [0.25, 0.3) is 0 Å². The Kier molecular flexibility index (Phi) is 6.18. The Morgan fingerprint density at radius 1 is 1.05 bits per heavy atom. The number of likely N-dealkylation sites (N-methyl/N-ethyl adjacent to an activating group) is 2. The number of nitrogens with one attached hydrogen (secondary N) is 1. The molecule has 1 heterocycles. The molecule has 118 valence electrons. The van der Waals surface area contributed by atoms with Crippen LogP contribution in [0.2, 0.25) is 0 Å². The third-order valence-electron chi connectivity index (χ3n) is 4.52. The average molecular weight is 291 g/mol. The molecule has 0 radical (unpaired) electrons. The van der Waals surface area contributed by atoms with Gasteiger partial charge in [0.05, 0.1) is 12.1 Å². The van der Waals surface area contributed by atoms with Gasteiger partial charge >= 0.3 is 0 Å². The molecule has 4 nitrogen and oxygen atoms in total. The predicted octanol–water partition coefficient (Wildman–Crippen LogP) is 1.12. The fourth-order valence-electron chi connectivity index (χ4n) is 3.19.